The average Bonchev–Trinajstić information content (AvgIpc) is 3.00. The van der Waals surface area contributed by atoms with Crippen LogP contribution in [0.3, 0.4) is 0 Å². The second kappa shape index (κ2) is 7.59. The first-order chi connectivity index (χ1) is 12.6. The minimum absolute atomic E-state index is 0.109. The Bertz CT molecular complexity index is 791. The fraction of sp³-hybridized carbons (Fsp3) is 0.667. The van der Waals surface area contributed by atoms with Gasteiger partial charge in [-0.1, -0.05) is 18.7 Å². The molecule has 2 aromatic rings. The van der Waals surface area contributed by atoms with E-state index < -0.39 is 0 Å². The van der Waals surface area contributed by atoms with E-state index in [0.717, 1.165) is 66.8 Å². The van der Waals surface area contributed by atoms with E-state index in [1.54, 1.807) is 28.0 Å². The van der Waals surface area contributed by atoms with E-state index in [9.17, 15) is 0 Å². The Balaban J connectivity index is 1.50. The molecule has 2 aliphatic heterocycles. The molecule has 2 aromatic heterocycles. The van der Waals surface area contributed by atoms with Gasteiger partial charge in [-0.05, 0) is 18.9 Å². The van der Waals surface area contributed by atoms with Crippen LogP contribution in [0, 0.1) is 0 Å². The van der Waals surface area contributed by atoms with Crippen LogP contribution in [0.4, 0.5) is 5.82 Å². The molecule has 0 aliphatic carbocycles. The lowest BCUT2D eigenvalue weighted by molar-refractivity contribution is -0.905. The van der Waals surface area contributed by atoms with E-state index in [4.69, 9.17) is 20.2 Å². The Kier molecular flexibility index (Phi) is 5.38. The van der Waals surface area contributed by atoms with Crippen molar-refractivity contribution < 1.29 is 14.4 Å². The topological polar surface area (TPSA) is 74.7 Å². The Morgan fingerprint density at radius 1 is 1.31 bits per heavy atom. The number of anilines is 1. The Hall–Kier alpha value is -0.930. The SMILES string of the molecule is CC[C@@]1(C)Cc2c(sc3nc(SCC[NH+]4CCOCC4)nc(N)c23)CO1. The van der Waals surface area contributed by atoms with Crippen LogP contribution in [-0.2, 0) is 22.5 Å². The number of aromatic nitrogens is 2. The van der Waals surface area contributed by atoms with Crippen molar-refractivity contribution >= 4 is 39.1 Å². The molecule has 8 heteroatoms. The molecule has 142 valence electrons. The molecular weight excluding hydrogens is 368 g/mol. The van der Waals surface area contributed by atoms with Gasteiger partial charge < -0.3 is 20.1 Å². The Morgan fingerprint density at radius 2 is 2.12 bits per heavy atom. The first kappa shape index (κ1) is 18.4. The highest BCUT2D eigenvalue weighted by Gasteiger charge is 2.33. The van der Waals surface area contributed by atoms with E-state index in [0.29, 0.717) is 12.4 Å². The molecule has 0 saturated carbocycles. The van der Waals surface area contributed by atoms with Crippen molar-refractivity contribution in [2.75, 3.05) is 44.3 Å². The molecule has 0 radical (unpaired) electrons. The van der Waals surface area contributed by atoms with Gasteiger partial charge in [-0.15, -0.1) is 11.3 Å². The van der Waals surface area contributed by atoms with E-state index in [2.05, 4.69) is 18.8 Å². The molecular formula is C18H27N4O2S2+. The molecule has 0 spiro atoms. The third-order valence-electron chi connectivity index (χ3n) is 5.48. The molecule has 0 unspecified atom stereocenters. The Morgan fingerprint density at radius 3 is 2.88 bits per heavy atom. The molecule has 6 nitrogen and oxygen atoms in total. The molecule has 3 N–H and O–H groups in total. The van der Waals surface area contributed by atoms with E-state index >= 15 is 0 Å². The lowest BCUT2D eigenvalue weighted by Gasteiger charge is -2.33. The number of ether oxygens (including phenoxy) is 2. The van der Waals surface area contributed by atoms with Crippen LogP contribution in [0.15, 0.2) is 5.16 Å². The van der Waals surface area contributed by atoms with Crippen molar-refractivity contribution in [2.24, 2.45) is 0 Å². The van der Waals surface area contributed by atoms with Gasteiger partial charge in [-0.25, -0.2) is 9.97 Å². The zero-order valence-corrected chi connectivity index (χ0v) is 17.1. The summed E-state index contributed by atoms with van der Waals surface area (Å²) in [6.07, 6.45) is 1.88. The monoisotopic (exact) mass is 395 g/mol. The molecule has 0 bridgehead atoms. The number of thiophene rings is 1. The van der Waals surface area contributed by atoms with Crippen molar-refractivity contribution in [1.29, 1.82) is 0 Å². The van der Waals surface area contributed by atoms with Gasteiger partial charge in [0.05, 0.1) is 43.1 Å². The minimum Gasteiger partial charge on any atom is -0.383 e. The van der Waals surface area contributed by atoms with E-state index in [-0.39, 0.29) is 5.60 Å². The number of rotatable bonds is 5. The van der Waals surface area contributed by atoms with Crippen molar-refractivity contribution in [3.63, 3.8) is 0 Å². The summed E-state index contributed by atoms with van der Waals surface area (Å²) in [5, 5.41) is 1.84. The maximum atomic E-state index is 6.35. The zero-order valence-electron chi connectivity index (χ0n) is 15.5. The van der Waals surface area contributed by atoms with Crippen LogP contribution in [-0.4, -0.2) is 54.2 Å². The number of nitrogens with zero attached hydrogens (tertiary/aromatic N) is 2. The predicted molar refractivity (Wildman–Crippen MR) is 106 cm³/mol. The summed E-state index contributed by atoms with van der Waals surface area (Å²) >= 11 is 3.41. The summed E-state index contributed by atoms with van der Waals surface area (Å²) in [4.78, 5) is 13.3. The quantitative estimate of drug-likeness (QED) is 0.591. The smallest absolute Gasteiger partial charge is 0.191 e. The van der Waals surface area contributed by atoms with Gasteiger partial charge in [-0.3, -0.25) is 0 Å². The van der Waals surface area contributed by atoms with Gasteiger partial charge >= 0.3 is 0 Å². The first-order valence-corrected chi connectivity index (χ1v) is 11.1. The molecule has 1 fully saturated rings. The number of thioether (sulfide) groups is 1. The van der Waals surface area contributed by atoms with Gasteiger partial charge in [-0.2, -0.15) is 0 Å². The van der Waals surface area contributed by atoms with Crippen molar-refractivity contribution in [3.05, 3.63) is 10.4 Å². The molecule has 4 rings (SSSR count). The van der Waals surface area contributed by atoms with E-state index in [1.807, 2.05) is 0 Å². The largest absolute Gasteiger partial charge is 0.383 e. The summed E-state index contributed by atoms with van der Waals surface area (Å²) < 4.78 is 11.5. The highest BCUT2D eigenvalue weighted by atomic mass is 32.2. The number of nitrogen functional groups attached to an aromatic ring is 1. The second-order valence-electron chi connectivity index (χ2n) is 7.31. The molecule has 4 heterocycles. The van der Waals surface area contributed by atoms with Gasteiger partial charge in [0.1, 0.15) is 23.7 Å². The number of quaternary nitrogens is 1. The third-order valence-corrected chi connectivity index (χ3v) is 7.43. The molecule has 1 atom stereocenters. The maximum absolute atomic E-state index is 6.35. The van der Waals surface area contributed by atoms with Gasteiger partial charge in [0.2, 0.25) is 0 Å². The number of fused-ring (bicyclic) bond motifs is 3. The fourth-order valence-corrected chi connectivity index (χ4v) is 5.63. The third kappa shape index (κ3) is 3.71. The van der Waals surface area contributed by atoms with Crippen molar-refractivity contribution in [3.8, 4) is 0 Å². The van der Waals surface area contributed by atoms with Crippen LogP contribution >= 0.6 is 23.1 Å². The maximum Gasteiger partial charge on any atom is 0.191 e. The van der Waals surface area contributed by atoms with Crippen molar-refractivity contribution in [2.45, 2.75) is 44.1 Å². The summed E-state index contributed by atoms with van der Waals surface area (Å²) in [5.74, 6) is 1.62. The zero-order chi connectivity index (χ0) is 18.1. The highest BCUT2D eigenvalue weighted by Crippen LogP contribution is 2.41. The number of morpholine rings is 1. The number of nitrogens with one attached hydrogen (secondary N) is 1. The lowest BCUT2D eigenvalue weighted by Crippen LogP contribution is -3.14. The van der Waals surface area contributed by atoms with Gasteiger partial charge in [0.25, 0.3) is 0 Å². The molecule has 26 heavy (non-hydrogen) atoms. The van der Waals surface area contributed by atoms with Crippen LogP contribution in [0.5, 0.6) is 0 Å². The molecule has 1 saturated heterocycles. The number of nitrogens with two attached hydrogens (primary N) is 1. The lowest BCUT2D eigenvalue weighted by atomic mass is 9.90. The van der Waals surface area contributed by atoms with E-state index in [1.165, 1.54) is 10.4 Å². The average molecular weight is 396 g/mol. The summed E-state index contributed by atoms with van der Waals surface area (Å²) in [5.41, 5.74) is 7.54. The predicted octanol–water partition coefficient (Wildman–Crippen LogP) is 1.52. The molecule has 0 amide bonds. The molecule has 2 aliphatic rings. The van der Waals surface area contributed by atoms with Gasteiger partial charge in [0, 0.05) is 11.3 Å². The van der Waals surface area contributed by atoms with Crippen LogP contribution in [0.2, 0.25) is 0 Å². The molecule has 0 aromatic carbocycles. The van der Waals surface area contributed by atoms with Crippen molar-refractivity contribution in [1.82, 2.24) is 9.97 Å². The van der Waals surface area contributed by atoms with Crippen LogP contribution in [0.25, 0.3) is 10.2 Å². The standard InChI is InChI=1S/C18H26N4O2S2/c1-3-18(2)10-12-13(11-24-18)26-16-14(12)15(19)20-17(21-16)25-9-6-22-4-7-23-8-5-22/h3-11H2,1-2H3,(H2,19,20,21)/p+1/t18-/m0/s1. The normalized spacial score (nSPS) is 24.1. The number of hydrogen-bond donors (Lipinski definition) is 2. The fourth-order valence-electron chi connectivity index (χ4n) is 3.57. The first-order valence-electron chi connectivity index (χ1n) is 9.34. The Labute approximate surface area is 162 Å². The number of hydrogen-bond acceptors (Lipinski definition) is 7. The minimum atomic E-state index is -0.109. The summed E-state index contributed by atoms with van der Waals surface area (Å²) in [6, 6.07) is 0. The summed E-state index contributed by atoms with van der Waals surface area (Å²) in [7, 11) is 0. The highest BCUT2D eigenvalue weighted by molar-refractivity contribution is 7.99. The van der Waals surface area contributed by atoms with Gasteiger partial charge in [0.15, 0.2) is 5.16 Å². The van der Waals surface area contributed by atoms with Crippen LogP contribution < -0.4 is 10.6 Å². The second-order valence-corrected chi connectivity index (χ2v) is 9.45. The van der Waals surface area contributed by atoms with Crippen LogP contribution in [0.1, 0.15) is 30.7 Å². The summed E-state index contributed by atoms with van der Waals surface area (Å²) in [6.45, 7) is 10.0.